The van der Waals surface area contributed by atoms with Gasteiger partial charge in [-0.25, -0.2) is 0 Å². The molecule has 2 saturated heterocycles. The second kappa shape index (κ2) is 10.4. The first-order chi connectivity index (χ1) is 13.7. The summed E-state index contributed by atoms with van der Waals surface area (Å²) >= 11 is 2.05. The second-order valence-electron chi connectivity index (χ2n) is 7.81. The van der Waals surface area contributed by atoms with Crippen LogP contribution >= 0.6 is 11.8 Å². The highest BCUT2D eigenvalue weighted by atomic mass is 32.2. The molecule has 6 heteroatoms. The lowest BCUT2D eigenvalue weighted by molar-refractivity contribution is 0.0782. The first kappa shape index (κ1) is 21.3. The van der Waals surface area contributed by atoms with E-state index in [4.69, 9.17) is 4.74 Å². The van der Waals surface area contributed by atoms with E-state index in [9.17, 15) is 0 Å². The average Bonchev–Trinajstić information content (AvgIpc) is 3.27. The summed E-state index contributed by atoms with van der Waals surface area (Å²) in [4.78, 5) is 6.96. The summed E-state index contributed by atoms with van der Waals surface area (Å²) in [6.45, 7) is 9.45. The van der Waals surface area contributed by atoms with E-state index < -0.39 is 0 Å². The van der Waals surface area contributed by atoms with Crippen LogP contribution in [0, 0.1) is 0 Å². The van der Waals surface area contributed by atoms with Gasteiger partial charge in [-0.05, 0) is 56.1 Å². The smallest absolute Gasteiger partial charge is 0.191 e. The molecule has 0 aliphatic carbocycles. The van der Waals surface area contributed by atoms with Crippen molar-refractivity contribution >= 4 is 23.4 Å². The van der Waals surface area contributed by atoms with Crippen LogP contribution in [0.3, 0.4) is 0 Å². The molecule has 156 valence electrons. The van der Waals surface area contributed by atoms with Crippen molar-refractivity contribution in [3.63, 3.8) is 0 Å². The van der Waals surface area contributed by atoms with Crippen LogP contribution in [0.15, 0.2) is 29.3 Å². The molecule has 0 aromatic heterocycles. The number of aliphatic imine (C=N–C) groups is 1. The van der Waals surface area contributed by atoms with Gasteiger partial charge in [0.1, 0.15) is 0 Å². The highest BCUT2D eigenvalue weighted by molar-refractivity contribution is 8.00. The van der Waals surface area contributed by atoms with Crippen molar-refractivity contribution in [2.45, 2.75) is 50.3 Å². The second-order valence-corrected chi connectivity index (χ2v) is 9.54. The third-order valence-corrected chi connectivity index (χ3v) is 7.30. The lowest BCUT2D eigenvalue weighted by Gasteiger charge is -2.37. The van der Waals surface area contributed by atoms with E-state index in [2.05, 4.69) is 70.4 Å². The number of rotatable bonds is 7. The lowest BCUT2D eigenvalue weighted by Crippen LogP contribution is -2.48. The molecule has 2 fully saturated rings. The molecule has 5 nitrogen and oxygen atoms in total. The molecule has 2 aliphatic rings. The maximum Gasteiger partial charge on any atom is 0.191 e. The molecule has 2 N–H and O–H groups in total. The summed E-state index contributed by atoms with van der Waals surface area (Å²) in [6.07, 6.45) is 4.81. The molecular weight excluding hydrogens is 368 g/mol. The number of nitrogens with one attached hydrogen (secondary N) is 2. The van der Waals surface area contributed by atoms with Gasteiger partial charge in [0.15, 0.2) is 5.96 Å². The SMILES string of the molecule is CCSC1(CNC(=NC)NC(C)c2cccc(N3CCCC3)c2)CCOCC1. The number of benzene rings is 1. The molecule has 1 atom stereocenters. The number of anilines is 1. The Morgan fingerprint density at radius 3 is 2.71 bits per heavy atom. The minimum absolute atomic E-state index is 0.207. The summed E-state index contributed by atoms with van der Waals surface area (Å²) in [7, 11) is 1.85. The van der Waals surface area contributed by atoms with Crippen LogP contribution in [0.1, 0.15) is 51.1 Å². The van der Waals surface area contributed by atoms with Crippen LogP contribution in [0.2, 0.25) is 0 Å². The third kappa shape index (κ3) is 5.57. The van der Waals surface area contributed by atoms with Crippen LogP contribution in [0.4, 0.5) is 5.69 Å². The summed E-state index contributed by atoms with van der Waals surface area (Å²) in [5, 5.41) is 7.17. The Kier molecular flexibility index (Phi) is 7.91. The van der Waals surface area contributed by atoms with Gasteiger partial charge in [0.25, 0.3) is 0 Å². The van der Waals surface area contributed by atoms with E-state index in [1.54, 1.807) is 0 Å². The van der Waals surface area contributed by atoms with Gasteiger partial charge in [-0.15, -0.1) is 0 Å². The van der Waals surface area contributed by atoms with Crippen molar-refractivity contribution in [2.75, 3.05) is 50.5 Å². The molecule has 0 amide bonds. The van der Waals surface area contributed by atoms with Gasteiger partial charge in [-0.3, -0.25) is 4.99 Å². The molecule has 0 bridgehead atoms. The number of thioether (sulfide) groups is 1. The van der Waals surface area contributed by atoms with Crippen molar-refractivity contribution in [2.24, 2.45) is 4.99 Å². The van der Waals surface area contributed by atoms with E-state index in [1.165, 1.54) is 37.2 Å². The molecule has 1 aromatic carbocycles. The number of guanidine groups is 1. The Labute approximate surface area is 174 Å². The zero-order chi connectivity index (χ0) is 19.8. The third-order valence-electron chi connectivity index (χ3n) is 5.85. The van der Waals surface area contributed by atoms with Gasteiger partial charge in [0.05, 0.1) is 6.04 Å². The predicted molar refractivity (Wildman–Crippen MR) is 122 cm³/mol. The van der Waals surface area contributed by atoms with E-state index in [0.717, 1.165) is 44.3 Å². The standard InChI is InChI=1S/C22H36N4OS/c1-4-28-22(10-14-27-15-11-22)17-24-21(23-3)25-18(2)19-8-7-9-20(16-19)26-12-5-6-13-26/h7-9,16,18H,4-6,10-15,17H2,1-3H3,(H2,23,24,25). The predicted octanol–water partition coefficient (Wildman–Crippen LogP) is 3.82. The van der Waals surface area contributed by atoms with Crippen LogP contribution in [0.5, 0.6) is 0 Å². The molecule has 2 aliphatic heterocycles. The summed E-state index contributed by atoms with van der Waals surface area (Å²) in [6, 6.07) is 9.14. The van der Waals surface area contributed by atoms with Gasteiger partial charge in [0, 0.05) is 50.3 Å². The van der Waals surface area contributed by atoms with Crippen LogP contribution < -0.4 is 15.5 Å². The Hall–Kier alpha value is -1.40. The van der Waals surface area contributed by atoms with E-state index in [1.807, 2.05) is 7.05 Å². The molecule has 28 heavy (non-hydrogen) atoms. The fraction of sp³-hybridized carbons (Fsp3) is 0.682. The van der Waals surface area contributed by atoms with Gasteiger partial charge in [-0.2, -0.15) is 11.8 Å². The molecule has 0 radical (unpaired) electrons. The van der Waals surface area contributed by atoms with Gasteiger partial charge in [0.2, 0.25) is 0 Å². The molecular formula is C22H36N4OS. The molecule has 1 aromatic rings. The zero-order valence-corrected chi connectivity index (χ0v) is 18.5. The van der Waals surface area contributed by atoms with Crippen molar-refractivity contribution in [3.05, 3.63) is 29.8 Å². The van der Waals surface area contributed by atoms with E-state index >= 15 is 0 Å². The lowest BCUT2D eigenvalue weighted by atomic mass is 9.99. The summed E-state index contributed by atoms with van der Waals surface area (Å²) < 4.78 is 5.84. The van der Waals surface area contributed by atoms with Crippen LogP contribution in [-0.4, -0.2) is 56.4 Å². The average molecular weight is 405 g/mol. The number of hydrogen-bond acceptors (Lipinski definition) is 4. The minimum Gasteiger partial charge on any atom is -0.381 e. The highest BCUT2D eigenvalue weighted by Crippen LogP contribution is 2.34. The number of hydrogen-bond donors (Lipinski definition) is 2. The first-order valence-electron chi connectivity index (χ1n) is 10.7. The molecule has 3 rings (SSSR count). The molecule has 1 unspecified atom stereocenters. The Bertz CT molecular complexity index is 634. The Balaban J connectivity index is 1.58. The normalized spacial score (nSPS) is 20.8. The fourth-order valence-electron chi connectivity index (χ4n) is 4.12. The van der Waals surface area contributed by atoms with Crippen molar-refractivity contribution in [1.82, 2.24) is 10.6 Å². The maximum absolute atomic E-state index is 5.59. The highest BCUT2D eigenvalue weighted by Gasteiger charge is 2.32. The number of ether oxygens (including phenoxy) is 1. The fourth-order valence-corrected chi connectivity index (χ4v) is 5.36. The van der Waals surface area contributed by atoms with E-state index in [-0.39, 0.29) is 10.8 Å². The van der Waals surface area contributed by atoms with Crippen molar-refractivity contribution < 1.29 is 4.74 Å². The van der Waals surface area contributed by atoms with Crippen molar-refractivity contribution in [1.29, 1.82) is 0 Å². The van der Waals surface area contributed by atoms with Gasteiger partial charge < -0.3 is 20.3 Å². The zero-order valence-electron chi connectivity index (χ0n) is 17.7. The Morgan fingerprint density at radius 1 is 1.29 bits per heavy atom. The van der Waals surface area contributed by atoms with E-state index in [0.29, 0.717) is 0 Å². The largest absolute Gasteiger partial charge is 0.381 e. The van der Waals surface area contributed by atoms with Crippen LogP contribution in [-0.2, 0) is 4.74 Å². The first-order valence-corrected chi connectivity index (χ1v) is 11.7. The van der Waals surface area contributed by atoms with Gasteiger partial charge >= 0.3 is 0 Å². The molecule has 0 spiro atoms. The number of nitrogens with zero attached hydrogens (tertiary/aromatic N) is 2. The monoisotopic (exact) mass is 404 g/mol. The Morgan fingerprint density at radius 2 is 2.04 bits per heavy atom. The quantitative estimate of drug-likeness (QED) is 0.534. The van der Waals surface area contributed by atoms with Crippen molar-refractivity contribution in [3.8, 4) is 0 Å². The van der Waals surface area contributed by atoms with Crippen LogP contribution in [0.25, 0.3) is 0 Å². The minimum atomic E-state index is 0.207. The summed E-state index contributed by atoms with van der Waals surface area (Å²) in [5.41, 5.74) is 2.64. The maximum atomic E-state index is 5.59. The summed E-state index contributed by atoms with van der Waals surface area (Å²) in [5.74, 6) is 2.01. The molecule has 2 heterocycles. The van der Waals surface area contributed by atoms with Gasteiger partial charge in [-0.1, -0.05) is 19.1 Å². The molecule has 0 saturated carbocycles. The topological polar surface area (TPSA) is 48.9 Å².